The summed E-state index contributed by atoms with van der Waals surface area (Å²) in [5.74, 6) is 1.37. The molecular formula is C39H47N3O6P+. The molecule has 4 aromatic carbocycles. The molecule has 0 spiro atoms. The smallest absolute Gasteiger partial charge is 0.369 e. The largest absolute Gasteiger partial charge is 0.497 e. The zero-order chi connectivity index (χ0) is 35.6. The third kappa shape index (κ3) is 7.49. The zero-order valence-electron chi connectivity index (χ0n) is 29.4. The minimum absolute atomic E-state index is 0.0238. The van der Waals surface area contributed by atoms with Crippen LogP contribution in [0, 0.1) is 21.4 Å². The molecule has 0 amide bonds. The van der Waals surface area contributed by atoms with Crippen LogP contribution in [-0.4, -0.2) is 42.5 Å². The van der Waals surface area contributed by atoms with Gasteiger partial charge in [0.1, 0.15) is 24.2 Å². The average Bonchev–Trinajstić information content (AvgIpc) is 3.11. The normalized spacial score (nSPS) is 13.6. The lowest BCUT2D eigenvalue weighted by atomic mass is 9.84. The van der Waals surface area contributed by atoms with Gasteiger partial charge in [0.05, 0.1) is 37.2 Å². The SMILES string of the molecule is CCC(O[P+](OCCC#N)(N(C(C)C)C(C)C)C(c1ccccc1)(c1ccc(OC)cc1)c1ccc(OC)cc1)c1ccccc1[N+](=O)[O-]. The molecular weight excluding hydrogens is 637 g/mol. The van der Waals surface area contributed by atoms with Crippen molar-refractivity contribution in [3.63, 3.8) is 0 Å². The van der Waals surface area contributed by atoms with Crippen molar-refractivity contribution in [2.75, 3.05) is 20.8 Å². The van der Waals surface area contributed by atoms with Crippen LogP contribution in [-0.2, 0) is 14.2 Å². The first kappa shape index (κ1) is 37.5. The standard InChI is InChI=1S/C39H47N3O6P/c1-8-38(36-17-12-13-18-37(36)42(43)44)48-49(47-28-14-27-40,41(29(2)3)30(4)5)39(31-15-10-9-11-16-31,32-19-23-34(45-6)24-20-32)33-21-25-35(46-7)26-22-33/h9-13,15-26,29-30,38H,8,14,28H2,1-7H3/q+1. The third-order valence-corrected chi connectivity index (χ3v) is 12.8. The molecule has 0 heterocycles. The van der Waals surface area contributed by atoms with E-state index in [2.05, 4.69) is 50.6 Å². The van der Waals surface area contributed by atoms with Gasteiger partial charge in [-0.3, -0.25) is 10.1 Å². The molecule has 4 aromatic rings. The number of hydrogen-bond acceptors (Lipinski definition) is 8. The number of benzene rings is 4. The number of methoxy groups -OCH3 is 2. The predicted molar refractivity (Wildman–Crippen MR) is 195 cm³/mol. The Bertz CT molecular complexity index is 1640. The molecule has 0 saturated carbocycles. The van der Waals surface area contributed by atoms with Crippen molar-refractivity contribution < 1.29 is 23.4 Å². The van der Waals surface area contributed by atoms with Crippen LogP contribution in [0.3, 0.4) is 0 Å². The van der Waals surface area contributed by atoms with E-state index in [-0.39, 0.29) is 35.7 Å². The Morgan fingerprint density at radius 3 is 1.73 bits per heavy atom. The van der Waals surface area contributed by atoms with E-state index >= 15 is 0 Å². The monoisotopic (exact) mass is 684 g/mol. The molecule has 0 N–H and O–H groups in total. The Kier molecular flexibility index (Phi) is 12.9. The van der Waals surface area contributed by atoms with E-state index in [0.717, 1.165) is 16.7 Å². The molecule has 258 valence electrons. The Morgan fingerprint density at radius 1 is 0.796 bits per heavy atom. The molecule has 0 fully saturated rings. The second-order valence-electron chi connectivity index (χ2n) is 12.2. The molecule has 0 aliphatic heterocycles. The van der Waals surface area contributed by atoms with E-state index < -0.39 is 19.1 Å². The minimum atomic E-state index is -3.61. The number of ether oxygens (including phenoxy) is 2. The lowest BCUT2D eigenvalue weighted by molar-refractivity contribution is -0.386. The number of nitrogens with zero attached hydrogens (tertiary/aromatic N) is 3. The van der Waals surface area contributed by atoms with E-state index in [0.29, 0.717) is 23.5 Å². The fourth-order valence-electron chi connectivity index (χ4n) is 6.70. The van der Waals surface area contributed by atoms with Crippen molar-refractivity contribution in [2.24, 2.45) is 0 Å². The number of hydrogen-bond donors (Lipinski definition) is 0. The van der Waals surface area contributed by atoms with Crippen molar-refractivity contribution in [1.29, 1.82) is 5.26 Å². The maximum Gasteiger partial charge on any atom is 0.369 e. The molecule has 0 aliphatic rings. The highest BCUT2D eigenvalue weighted by Crippen LogP contribution is 2.83. The summed E-state index contributed by atoms with van der Waals surface area (Å²) >= 11 is 0. The summed E-state index contributed by atoms with van der Waals surface area (Å²) in [6.07, 6.45) is -0.196. The van der Waals surface area contributed by atoms with Crippen molar-refractivity contribution in [2.45, 2.75) is 70.8 Å². The quantitative estimate of drug-likeness (QED) is 0.0356. The van der Waals surface area contributed by atoms with Crippen LogP contribution in [0.2, 0.25) is 0 Å². The highest BCUT2D eigenvalue weighted by atomic mass is 31.2. The van der Waals surface area contributed by atoms with Crippen LogP contribution < -0.4 is 9.47 Å². The van der Waals surface area contributed by atoms with E-state index in [9.17, 15) is 15.4 Å². The highest BCUT2D eigenvalue weighted by Gasteiger charge is 2.72. The number of nitro benzene ring substituents is 1. The first-order chi connectivity index (χ1) is 23.6. The van der Waals surface area contributed by atoms with Gasteiger partial charge in [0.25, 0.3) is 5.69 Å². The van der Waals surface area contributed by atoms with Crippen LogP contribution in [0.5, 0.6) is 11.5 Å². The van der Waals surface area contributed by atoms with Crippen LogP contribution in [0.25, 0.3) is 0 Å². The van der Waals surface area contributed by atoms with Gasteiger partial charge in [-0.15, -0.1) is 4.67 Å². The number of para-hydroxylation sites is 1. The lowest BCUT2D eigenvalue weighted by Gasteiger charge is -2.49. The first-order valence-electron chi connectivity index (χ1n) is 16.6. The van der Waals surface area contributed by atoms with Crippen LogP contribution in [0.1, 0.15) is 75.8 Å². The molecule has 4 rings (SSSR count). The minimum Gasteiger partial charge on any atom is -0.497 e. The van der Waals surface area contributed by atoms with Gasteiger partial charge in [-0.2, -0.15) is 14.3 Å². The van der Waals surface area contributed by atoms with Crippen LogP contribution in [0.4, 0.5) is 5.69 Å². The first-order valence-corrected chi connectivity index (χ1v) is 18.1. The summed E-state index contributed by atoms with van der Waals surface area (Å²) < 4.78 is 28.5. The van der Waals surface area contributed by atoms with Gasteiger partial charge in [0, 0.05) is 34.8 Å². The van der Waals surface area contributed by atoms with Crippen molar-refractivity contribution in [1.82, 2.24) is 4.67 Å². The van der Waals surface area contributed by atoms with Gasteiger partial charge in [-0.05, 0) is 64.4 Å². The lowest BCUT2D eigenvalue weighted by Crippen LogP contribution is -2.48. The van der Waals surface area contributed by atoms with Crippen LogP contribution in [0.15, 0.2) is 103 Å². The average molecular weight is 685 g/mol. The van der Waals surface area contributed by atoms with Crippen molar-refractivity contribution in [3.05, 3.63) is 135 Å². The Balaban J connectivity index is 2.28. The van der Waals surface area contributed by atoms with Gasteiger partial charge in [0.15, 0.2) is 0 Å². The summed E-state index contributed by atoms with van der Waals surface area (Å²) in [6.45, 7) is 10.5. The summed E-state index contributed by atoms with van der Waals surface area (Å²) in [7, 11) is -0.350. The Labute approximate surface area is 291 Å². The van der Waals surface area contributed by atoms with Crippen LogP contribution >= 0.6 is 7.87 Å². The number of nitro groups is 1. The van der Waals surface area contributed by atoms with Gasteiger partial charge < -0.3 is 9.47 Å². The molecule has 9 nitrogen and oxygen atoms in total. The number of rotatable bonds is 17. The van der Waals surface area contributed by atoms with E-state index in [4.69, 9.17) is 18.5 Å². The van der Waals surface area contributed by atoms with Gasteiger partial charge in [0.2, 0.25) is 5.16 Å². The molecule has 49 heavy (non-hydrogen) atoms. The highest BCUT2D eigenvalue weighted by molar-refractivity contribution is 7.66. The Hall–Kier alpha value is -4.32. The molecule has 0 radical (unpaired) electrons. The fraction of sp³-hybridized carbons (Fsp3) is 0.359. The van der Waals surface area contributed by atoms with Gasteiger partial charge in [-0.25, -0.2) is 0 Å². The van der Waals surface area contributed by atoms with Gasteiger partial charge in [-0.1, -0.05) is 73.7 Å². The maximum absolute atomic E-state index is 12.4. The molecule has 0 aliphatic carbocycles. The van der Waals surface area contributed by atoms with E-state index in [1.54, 1.807) is 32.4 Å². The summed E-state index contributed by atoms with van der Waals surface area (Å²) in [5.41, 5.74) is 3.09. The second-order valence-corrected chi connectivity index (χ2v) is 14.8. The summed E-state index contributed by atoms with van der Waals surface area (Å²) in [6, 6.07) is 34.7. The fourth-order valence-corrected chi connectivity index (χ4v) is 11.3. The van der Waals surface area contributed by atoms with Crippen molar-refractivity contribution in [3.8, 4) is 17.6 Å². The molecule has 2 unspecified atom stereocenters. The predicted octanol–water partition coefficient (Wildman–Crippen LogP) is 9.88. The zero-order valence-corrected chi connectivity index (χ0v) is 30.3. The Morgan fingerprint density at radius 2 is 1.29 bits per heavy atom. The third-order valence-electron chi connectivity index (χ3n) is 8.59. The summed E-state index contributed by atoms with van der Waals surface area (Å²) in [5, 5.41) is 21.1. The maximum atomic E-state index is 12.4. The van der Waals surface area contributed by atoms with E-state index in [1.807, 2.05) is 73.7 Å². The topological polar surface area (TPSA) is 107 Å². The second kappa shape index (κ2) is 16.9. The van der Waals surface area contributed by atoms with Crippen molar-refractivity contribution >= 4 is 13.6 Å². The van der Waals surface area contributed by atoms with Gasteiger partial charge >= 0.3 is 7.87 Å². The molecule has 0 saturated heterocycles. The molecule has 10 heteroatoms. The number of nitriles is 1. The van der Waals surface area contributed by atoms with E-state index in [1.165, 1.54) is 6.07 Å². The molecule has 2 atom stereocenters. The molecule has 0 aromatic heterocycles. The molecule has 0 bridgehead atoms. The summed E-state index contributed by atoms with van der Waals surface area (Å²) in [4.78, 5) is 12.0.